The Kier molecular flexibility index (Phi) is 5.34. The fourth-order valence-electron chi connectivity index (χ4n) is 2.22. The van der Waals surface area contributed by atoms with Gasteiger partial charge in [-0.25, -0.2) is 4.39 Å². The van der Waals surface area contributed by atoms with E-state index >= 15 is 0 Å². The second-order valence-corrected chi connectivity index (χ2v) is 5.89. The molecule has 100 valence electrons. The molecular weight excluding hydrogens is 352 g/mol. The minimum atomic E-state index is -0.166. The Balaban J connectivity index is 2.18. The first-order valence-electron chi connectivity index (χ1n) is 6.33. The molecule has 2 aromatic carbocycles. The molecule has 0 heterocycles. The van der Waals surface area contributed by atoms with Gasteiger partial charge in [0.2, 0.25) is 0 Å². The molecule has 0 saturated carbocycles. The van der Waals surface area contributed by atoms with Gasteiger partial charge in [0, 0.05) is 16.0 Å². The van der Waals surface area contributed by atoms with Crippen molar-refractivity contribution in [2.45, 2.75) is 12.3 Å². The SMILES string of the molecule is CNCC(Cc1ccc(I)cc1)c1cccc(F)c1. The first kappa shape index (κ1) is 14.5. The molecule has 0 aliphatic rings. The number of hydrogen-bond donors (Lipinski definition) is 1. The molecule has 0 bridgehead atoms. The van der Waals surface area contributed by atoms with Crippen molar-refractivity contribution in [3.8, 4) is 0 Å². The van der Waals surface area contributed by atoms with Crippen LogP contribution in [0.4, 0.5) is 4.39 Å². The van der Waals surface area contributed by atoms with Gasteiger partial charge in [0.1, 0.15) is 5.82 Å². The van der Waals surface area contributed by atoms with Crippen molar-refractivity contribution in [3.63, 3.8) is 0 Å². The largest absolute Gasteiger partial charge is 0.319 e. The summed E-state index contributed by atoms with van der Waals surface area (Å²) in [6.07, 6.45) is 0.918. The van der Waals surface area contributed by atoms with Gasteiger partial charge in [-0.05, 0) is 71.5 Å². The molecule has 3 heteroatoms. The Morgan fingerprint density at radius 1 is 1.16 bits per heavy atom. The monoisotopic (exact) mass is 369 g/mol. The van der Waals surface area contributed by atoms with Crippen LogP contribution in [-0.4, -0.2) is 13.6 Å². The highest BCUT2D eigenvalue weighted by Crippen LogP contribution is 2.21. The number of rotatable bonds is 5. The first-order valence-corrected chi connectivity index (χ1v) is 7.41. The van der Waals surface area contributed by atoms with E-state index in [1.807, 2.05) is 13.1 Å². The van der Waals surface area contributed by atoms with Gasteiger partial charge in [-0.15, -0.1) is 0 Å². The minimum absolute atomic E-state index is 0.166. The van der Waals surface area contributed by atoms with Crippen LogP contribution in [0.5, 0.6) is 0 Å². The van der Waals surface area contributed by atoms with Gasteiger partial charge in [0.15, 0.2) is 0 Å². The van der Waals surface area contributed by atoms with Crippen LogP contribution in [0, 0.1) is 9.39 Å². The Labute approximate surface area is 127 Å². The molecule has 1 N–H and O–H groups in total. The molecule has 0 fully saturated rings. The molecule has 0 aliphatic heterocycles. The van der Waals surface area contributed by atoms with E-state index in [1.165, 1.54) is 15.2 Å². The van der Waals surface area contributed by atoms with Crippen LogP contribution in [0.3, 0.4) is 0 Å². The second-order valence-electron chi connectivity index (χ2n) is 4.64. The topological polar surface area (TPSA) is 12.0 Å². The Morgan fingerprint density at radius 3 is 2.53 bits per heavy atom. The molecule has 0 aromatic heterocycles. The van der Waals surface area contributed by atoms with Gasteiger partial charge >= 0.3 is 0 Å². The molecule has 0 radical (unpaired) electrons. The van der Waals surface area contributed by atoms with E-state index in [1.54, 1.807) is 12.1 Å². The lowest BCUT2D eigenvalue weighted by atomic mass is 9.92. The maximum Gasteiger partial charge on any atom is 0.123 e. The summed E-state index contributed by atoms with van der Waals surface area (Å²) in [6.45, 7) is 0.843. The van der Waals surface area contributed by atoms with Crippen LogP contribution in [0.25, 0.3) is 0 Å². The molecule has 19 heavy (non-hydrogen) atoms. The van der Waals surface area contributed by atoms with Gasteiger partial charge < -0.3 is 5.32 Å². The lowest BCUT2D eigenvalue weighted by molar-refractivity contribution is 0.600. The summed E-state index contributed by atoms with van der Waals surface area (Å²) in [5, 5.41) is 3.19. The Morgan fingerprint density at radius 2 is 1.89 bits per heavy atom. The predicted octanol–water partition coefficient (Wildman–Crippen LogP) is 3.98. The van der Waals surface area contributed by atoms with Crippen LogP contribution < -0.4 is 5.32 Å². The predicted molar refractivity (Wildman–Crippen MR) is 85.9 cm³/mol. The first-order chi connectivity index (χ1) is 9.19. The quantitative estimate of drug-likeness (QED) is 0.787. The third-order valence-electron chi connectivity index (χ3n) is 3.17. The average Bonchev–Trinajstić information content (AvgIpc) is 2.41. The lowest BCUT2D eigenvalue weighted by Gasteiger charge is -2.17. The van der Waals surface area contributed by atoms with Gasteiger partial charge in [0.25, 0.3) is 0 Å². The maximum absolute atomic E-state index is 13.3. The summed E-state index contributed by atoms with van der Waals surface area (Å²) in [5.41, 5.74) is 2.33. The average molecular weight is 369 g/mol. The van der Waals surface area contributed by atoms with Crippen molar-refractivity contribution in [2.75, 3.05) is 13.6 Å². The van der Waals surface area contributed by atoms with E-state index in [9.17, 15) is 4.39 Å². The van der Waals surface area contributed by atoms with Gasteiger partial charge in [0.05, 0.1) is 0 Å². The molecule has 0 aliphatic carbocycles. The molecule has 0 amide bonds. The van der Waals surface area contributed by atoms with Crippen LogP contribution in [0.15, 0.2) is 48.5 Å². The van der Waals surface area contributed by atoms with Crippen LogP contribution >= 0.6 is 22.6 Å². The van der Waals surface area contributed by atoms with Crippen LogP contribution in [-0.2, 0) is 6.42 Å². The van der Waals surface area contributed by atoms with Crippen LogP contribution in [0.1, 0.15) is 17.0 Å². The zero-order valence-electron chi connectivity index (χ0n) is 10.9. The van der Waals surface area contributed by atoms with E-state index < -0.39 is 0 Å². The van der Waals surface area contributed by atoms with Crippen LogP contribution in [0.2, 0.25) is 0 Å². The van der Waals surface area contributed by atoms with Crippen molar-refractivity contribution in [3.05, 3.63) is 69.0 Å². The van der Waals surface area contributed by atoms with Gasteiger partial charge in [-0.2, -0.15) is 0 Å². The number of nitrogens with one attached hydrogen (secondary N) is 1. The lowest BCUT2D eigenvalue weighted by Crippen LogP contribution is -2.19. The molecule has 1 nitrogen and oxygen atoms in total. The highest BCUT2D eigenvalue weighted by molar-refractivity contribution is 14.1. The van der Waals surface area contributed by atoms with Crippen molar-refractivity contribution in [2.24, 2.45) is 0 Å². The molecule has 1 atom stereocenters. The summed E-state index contributed by atoms with van der Waals surface area (Å²) in [4.78, 5) is 0. The van der Waals surface area contributed by atoms with E-state index in [0.29, 0.717) is 5.92 Å². The van der Waals surface area contributed by atoms with Crippen molar-refractivity contribution in [1.82, 2.24) is 5.32 Å². The summed E-state index contributed by atoms with van der Waals surface area (Å²) >= 11 is 2.30. The number of halogens is 2. The van der Waals surface area contributed by atoms with Gasteiger partial charge in [-0.1, -0.05) is 24.3 Å². The van der Waals surface area contributed by atoms with E-state index in [-0.39, 0.29) is 5.82 Å². The van der Waals surface area contributed by atoms with Crippen molar-refractivity contribution < 1.29 is 4.39 Å². The number of likely N-dealkylation sites (N-methyl/N-ethyl adjacent to an activating group) is 1. The fourth-order valence-corrected chi connectivity index (χ4v) is 2.58. The molecule has 2 rings (SSSR count). The van der Waals surface area contributed by atoms with E-state index in [4.69, 9.17) is 0 Å². The second kappa shape index (κ2) is 7.01. The summed E-state index contributed by atoms with van der Waals surface area (Å²) in [5.74, 6) is 0.127. The zero-order valence-corrected chi connectivity index (χ0v) is 13.0. The standard InChI is InChI=1S/C16H17FIN/c1-19-11-14(13-3-2-4-15(17)10-13)9-12-5-7-16(18)8-6-12/h2-8,10,14,19H,9,11H2,1H3. The molecular formula is C16H17FIN. The van der Waals surface area contributed by atoms with Gasteiger partial charge in [-0.3, -0.25) is 0 Å². The summed E-state index contributed by atoms with van der Waals surface area (Å²) in [6, 6.07) is 15.4. The van der Waals surface area contributed by atoms with E-state index in [2.05, 4.69) is 52.2 Å². The normalized spacial score (nSPS) is 12.4. The third-order valence-corrected chi connectivity index (χ3v) is 3.89. The van der Waals surface area contributed by atoms with Crippen molar-refractivity contribution in [1.29, 1.82) is 0 Å². The third kappa shape index (κ3) is 4.28. The minimum Gasteiger partial charge on any atom is -0.319 e. The Hall–Kier alpha value is -0.940. The van der Waals surface area contributed by atoms with Crippen molar-refractivity contribution >= 4 is 22.6 Å². The molecule has 0 spiro atoms. The number of hydrogen-bond acceptors (Lipinski definition) is 1. The highest BCUT2D eigenvalue weighted by Gasteiger charge is 2.12. The highest BCUT2D eigenvalue weighted by atomic mass is 127. The molecule has 2 aromatic rings. The molecule has 0 saturated heterocycles. The summed E-state index contributed by atoms with van der Waals surface area (Å²) in [7, 11) is 1.93. The maximum atomic E-state index is 13.3. The number of benzene rings is 2. The zero-order chi connectivity index (χ0) is 13.7. The summed E-state index contributed by atoms with van der Waals surface area (Å²) < 4.78 is 14.6. The Bertz CT molecular complexity index is 525. The molecule has 1 unspecified atom stereocenters. The van der Waals surface area contributed by atoms with E-state index in [0.717, 1.165) is 18.5 Å². The fraction of sp³-hybridized carbons (Fsp3) is 0.250. The smallest absolute Gasteiger partial charge is 0.123 e.